The van der Waals surface area contributed by atoms with Crippen molar-refractivity contribution in [2.24, 2.45) is 0 Å². The second-order valence-electron chi connectivity index (χ2n) is 8.19. The van der Waals surface area contributed by atoms with Gasteiger partial charge in [0.1, 0.15) is 16.8 Å². The number of anilines is 1. The van der Waals surface area contributed by atoms with Crippen molar-refractivity contribution in [1.29, 1.82) is 0 Å². The van der Waals surface area contributed by atoms with Gasteiger partial charge in [0.2, 0.25) is 5.91 Å². The first kappa shape index (κ1) is 21.9. The lowest BCUT2D eigenvalue weighted by molar-refractivity contribution is -0.384. The van der Waals surface area contributed by atoms with Crippen LogP contribution in [0, 0.1) is 10.1 Å². The molecule has 3 aromatic rings. The Labute approximate surface area is 198 Å². The van der Waals surface area contributed by atoms with Crippen molar-refractivity contribution in [1.82, 2.24) is 14.9 Å². The fraction of sp³-hybridized carbons (Fsp3) is 0.261. The summed E-state index contributed by atoms with van der Waals surface area (Å²) in [6, 6.07) is 9.99. The van der Waals surface area contributed by atoms with Crippen molar-refractivity contribution >= 4 is 51.7 Å². The van der Waals surface area contributed by atoms with Gasteiger partial charge in [0, 0.05) is 49.0 Å². The van der Waals surface area contributed by atoms with Gasteiger partial charge in [-0.2, -0.15) is 0 Å². The molecule has 0 radical (unpaired) electrons. The lowest BCUT2D eigenvalue weighted by atomic mass is 10.00. The minimum absolute atomic E-state index is 0.100. The molecule has 172 valence electrons. The summed E-state index contributed by atoms with van der Waals surface area (Å²) in [4.78, 5) is 60.6. The molecule has 34 heavy (non-hydrogen) atoms. The maximum atomic E-state index is 13.4. The third kappa shape index (κ3) is 3.86. The highest BCUT2D eigenvalue weighted by molar-refractivity contribution is 6.29. The molecule has 1 aromatic carbocycles. The summed E-state index contributed by atoms with van der Waals surface area (Å²) < 4.78 is 0. The van der Waals surface area contributed by atoms with Gasteiger partial charge >= 0.3 is 0 Å². The van der Waals surface area contributed by atoms with Crippen LogP contribution >= 0.6 is 11.6 Å². The number of fused-ring (bicyclic) bond motifs is 2. The third-order valence-electron chi connectivity index (χ3n) is 6.16. The quantitative estimate of drug-likeness (QED) is 0.318. The SMILES string of the molecule is O=C1CCN(C(=O)CC2c3cc([N+](=O)[O-])ccc3C(=O)N2c2ccc3ccc(Cl)nc3n2)CC1. The molecule has 4 heterocycles. The first-order valence-electron chi connectivity index (χ1n) is 10.7. The number of nitro groups is 1. The maximum Gasteiger partial charge on any atom is 0.269 e. The normalized spacial score (nSPS) is 17.9. The molecule has 2 aliphatic rings. The van der Waals surface area contributed by atoms with Gasteiger partial charge in [0.25, 0.3) is 11.6 Å². The topological polar surface area (TPSA) is 127 Å². The maximum absolute atomic E-state index is 13.4. The van der Waals surface area contributed by atoms with Crippen molar-refractivity contribution in [3.63, 3.8) is 0 Å². The zero-order chi connectivity index (χ0) is 24.0. The van der Waals surface area contributed by atoms with E-state index < -0.39 is 16.9 Å². The molecule has 0 spiro atoms. The van der Waals surface area contributed by atoms with E-state index in [4.69, 9.17) is 11.6 Å². The van der Waals surface area contributed by atoms with Crippen molar-refractivity contribution < 1.29 is 19.3 Å². The van der Waals surface area contributed by atoms with Crippen LogP contribution in [0.4, 0.5) is 11.5 Å². The van der Waals surface area contributed by atoms with Crippen LogP contribution in [-0.4, -0.2) is 50.5 Å². The molecule has 1 saturated heterocycles. The van der Waals surface area contributed by atoms with E-state index in [1.807, 2.05) is 0 Å². The predicted octanol–water partition coefficient (Wildman–Crippen LogP) is 3.47. The number of aromatic nitrogens is 2. The number of hydrogen-bond donors (Lipinski definition) is 0. The Hall–Kier alpha value is -3.92. The van der Waals surface area contributed by atoms with Crippen molar-refractivity contribution in [3.8, 4) is 0 Å². The zero-order valence-electron chi connectivity index (χ0n) is 17.8. The van der Waals surface area contributed by atoms with Crippen LogP contribution in [0.3, 0.4) is 0 Å². The summed E-state index contributed by atoms with van der Waals surface area (Å²) in [6.45, 7) is 0.632. The van der Waals surface area contributed by atoms with Crippen molar-refractivity contribution in [2.45, 2.75) is 25.3 Å². The molecular formula is C23H18ClN5O5. The number of hydrogen-bond acceptors (Lipinski definition) is 7. The van der Waals surface area contributed by atoms with Gasteiger partial charge in [-0.25, -0.2) is 9.97 Å². The lowest BCUT2D eigenvalue weighted by Gasteiger charge is -2.30. The van der Waals surface area contributed by atoms with Crippen LogP contribution < -0.4 is 4.90 Å². The number of carbonyl (C=O) groups excluding carboxylic acids is 3. The van der Waals surface area contributed by atoms with Gasteiger partial charge in [0.05, 0.1) is 17.4 Å². The van der Waals surface area contributed by atoms with E-state index in [1.165, 1.54) is 23.1 Å². The Morgan fingerprint density at radius 1 is 1.09 bits per heavy atom. The second kappa shape index (κ2) is 8.45. The van der Waals surface area contributed by atoms with Crippen LogP contribution in [0.1, 0.15) is 41.2 Å². The fourth-order valence-corrected chi connectivity index (χ4v) is 4.55. The van der Waals surface area contributed by atoms with E-state index in [9.17, 15) is 24.5 Å². The number of piperidine rings is 1. The second-order valence-corrected chi connectivity index (χ2v) is 8.58. The number of benzene rings is 1. The minimum Gasteiger partial charge on any atom is -0.342 e. The van der Waals surface area contributed by atoms with E-state index in [0.29, 0.717) is 37.1 Å². The number of pyridine rings is 2. The highest BCUT2D eigenvalue weighted by atomic mass is 35.5. The summed E-state index contributed by atoms with van der Waals surface area (Å²) in [5.74, 6) is -0.283. The first-order valence-corrected chi connectivity index (χ1v) is 11.0. The molecule has 2 aliphatic heterocycles. The molecule has 0 saturated carbocycles. The number of carbonyl (C=O) groups is 3. The number of nitro benzene ring substituents is 1. The molecule has 2 amide bonds. The van der Waals surface area contributed by atoms with Crippen LogP contribution in [-0.2, 0) is 9.59 Å². The standard InChI is InChI=1S/C23H18ClN5O5/c24-19-5-1-13-2-6-20(26-22(13)25-19)28-18(12-21(31)27-9-7-15(30)8-10-27)17-11-14(29(33)34)3-4-16(17)23(28)32/h1-6,11,18H,7-10,12H2. The summed E-state index contributed by atoms with van der Waals surface area (Å²) >= 11 is 6.00. The van der Waals surface area contributed by atoms with Crippen LogP contribution in [0.5, 0.6) is 0 Å². The monoisotopic (exact) mass is 479 g/mol. The zero-order valence-corrected chi connectivity index (χ0v) is 18.6. The summed E-state index contributed by atoms with van der Waals surface area (Å²) in [7, 11) is 0. The molecule has 1 atom stereocenters. The van der Waals surface area contributed by atoms with E-state index in [0.717, 1.165) is 5.39 Å². The summed E-state index contributed by atoms with van der Waals surface area (Å²) in [6.07, 6.45) is 0.482. The average Bonchev–Trinajstić information content (AvgIpc) is 3.09. The fourth-order valence-electron chi connectivity index (χ4n) is 4.41. The molecule has 0 N–H and O–H groups in total. The molecule has 0 aliphatic carbocycles. The van der Waals surface area contributed by atoms with Crippen molar-refractivity contribution in [2.75, 3.05) is 18.0 Å². The lowest BCUT2D eigenvalue weighted by Crippen LogP contribution is -2.40. The molecule has 2 aromatic heterocycles. The number of halogens is 1. The Bertz CT molecular complexity index is 1370. The van der Waals surface area contributed by atoms with Gasteiger partial charge < -0.3 is 4.90 Å². The Morgan fingerprint density at radius 2 is 1.82 bits per heavy atom. The van der Waals surface area contributed by atoms with Crippen LogP contribution in [0.25, 0.3) is 11.0 Å². The van der Waals surface area contributed by atoms with E-state index in [-0.39, 0.29) is 40.3 Å². The van der Waals surface area contributed by atoms with Crippen LogP contribution in [0.15, 0.2) is 42.5 Å². The summed E-state index contributed by atoms with van der Waals surface area (Å²) in [5.41, 5.74) is 0.827. The number of likely N-dealkylation sites (tertiary alicyclic amines) is 1. The molecule has 1 unspecified atom stereocenters. The third-order valence-corrected chi connectivity index (χ3v) is 6.37. The Morgan fingerprint density at radius 3 is 2.56 bits per heavy atom. The highest BCUT2D eigenvalue weighted by Gasteiger charge is 2.41. The Balaban J connectivity index is 1.56. The molecular weight excluding hydrogens is 462 g/mol. The molecule has 0 bridgehead atoms. The number of amides is 2. The number of ketones is 1. The van der Waals surface area contributed by atoms with Gasteiger partial charge in [-0.3, -0.25) is 29.4 Å². The number of non-ortho nitro benzene ring substituents is 1. The van der Waals surface area contributed by atoms with Crippen molar-refractivity contribution in [3.05, 3.63) is 68.9 Å². The summed E-state index contributed by atoms with van der Waals surface area (Å²) in [5, 5.41) is 12.4. The molecule has 5 rings (SSSR count). The minimum atomic E-state index is -0.795. The van der Waals surface area contributed by atoms with Gasteiger partial charge in [0.15, 0.2) is 5.65 Å². The molecule has 10 nitrogen and oxygen atoms in total. The number of Topliss-reactive ketones (excluding diaryl/α,β-unsaturated/α-hetero) is 1. The van der Waals surface area contributed by atoms with Crippen LogP contribution in [0.2, 0.25) is 5.15 Å². The largest absolute Gasteiger partial charge is 0.342 e. The first-order chi connectivity index (χ1) is 16.3. The Kier molecular flexibility index (Phi) is 5.45. The van der Waals surface area contributed by atoms with Gasteiger partial charge in [-0.1, -0.05) is 11.6 Å². The molecule has 11 heteroatoms. The van der Waals surface area contributed by atoms with E-state index in [1.54, 1.807) is 29.2 Å². The number of rotatable bonds is 4. The van der Waals surface area contributed by atoms with Gasteiger partial charge in [-0.15, -0.1) is 0 Å². The number of nitrogens with zero attached hydrogens (tertiary/aromatic N) is 5. The predicted molar refractivity (Wildman–Crippen MR) is 123 cm³/mol. The smallest absolute Gasteiger partial charge is 0.269 e. The van der Waals surface area contributed by atoms with E-state index in [2.05, 4.69) is 9.97 Å². The average molecular weight is 480 g/mol. The highest BCUT2D eigenvalue weighted by Crippen LogP contribution is 2.41. The van der Waals surface area contributed by atoms with E-state index >= 15 is 0 Å². The van der Waals surface area contributed by atoms with Gasteiger partial charge in [-0.05, 0) is 35.9 Å². The molecule has 1 fully saturated rings.